The third kappa shape index (κ3) is 5.51. The van der Waals surface area contributed by atoms with Gasteiger partial charge < -0.3 is 0 Å². The van der Waals surface area contributed by atoms with Gasteiger partial charge in [-0.3, -0.25) is 4.99 Å². The molecule has 9 rings (SSSR count). The van der Waals surface area contributed by atoms with Gasteiger partial charge in [0.1, 0.15) is 0 Å². The van der Waals surface area contributed by atoms with Crippen molar-refractivity contribution in [3.8, 4) is 34.2 Å². The number of nitrogens with zero attached hydrogens (tertiary/aromatic N) is 4. The van der Waals surface area contributed by atoms with E-state index in [-0.39, 0.29) is 11.5 Å². The van der Waals surface area contributed by atoms with Crippen LogP contribution in [0.1, 0.15) is 48.8 Å². The maximum Gasteiger partial charge on any atom is 0.164 e. The molecule has 4 nitrogen and oxygen atoms in total. The van der Waals surface area contributed by atoms with Crippen molar-refractivity contribution < 1.29 is 0 Å². The number of rotatable bonds is 6. The van der Waals surface area contributed by atoms with Crippen molar-refractivity contribution in [3.05, 3.63) is 168 Å². The Hall–Kier alpha value is -5.74. The number of aliphatic imine (C=N–C) groups is 1. The van der Waals surface area contributed by atoms with Crippen molar-refractivity contribution in [1.82, 2.24) is 15.0 Å². The summed E-state index contributed by atoms with van der Waals surface area (Å²) in [4.78, 5) is 20.0. The first-order valence-corrected chi connectivity index (χ1v) is 17.9. The van der Waals surface area contributed by atoms with Gasteiger partial charge in [-0.25, -0.2) is 15.0 Å². The van der Waals surface area contributed by atoms with Gasteiger partial charge in [0.25, 0.3) is 0 Å². The van der Waals surface area contributed by atoms with Gasteiger partial charge in [-0.1, -0.05) is 165 Å². The molecule has 2 atom stereocenters. The number of benzene rings is 5. The SMILES string of the molecule is C1=CC2C=CC=C(c3ccc(C4(c5ccc(-c6nc(-c7ccccc7)nc(-c7cccc8ccccc78)n6)cc5)CCCCC4)cc3)C2N=C1. The van der Waals surface area contributed by atoms with Crippen LogP contribution in [-0.4, -0.2) is 27.2 Å². The smallest absolute Gasteiger partial charge is 0.164 e. The zero-order valence-corrected chi connectivity index (χ0v) is 28.0. The van der Waals surface area contributed by atoms with Gasteiger partial charge in [-0.15, -0.1) is 0 Å². The molecule has 2 unspecified atom stereocenters. The lowest BCUT2D eigenvalue weighted by molar-refractivity contribution is 0.346. The van der Waals surface area contributed by atoms with Crippen LogP contribution >= 0.6 is 0 Å². The summed E-state index contributed by atoms with van der Waals surface area (Å²) in [5.74, 6) is 2.38. The predicted molar refractivity (Wildman–Crippen MR) is 206 cm³/mol. The number of fused-ring (bicyclic) bond motifs is 2. The van der Waals surface area contributed by atoms with E-state index in [1.807, 2.05) is 24.4 Å². The van der Waals surface area contributed by atoms with Crippen LogP contribution in [0.2, 0.25) is 0 Å². The Morgan fingerprint density at radius 3 is 1.90 bits per heavy atom. The highest BCUT2D eigenvalue weighted by Crippen LogP contribution is 2.46. The molecule has 6 aromatic rings. The molecule has 50 heavy (non-hydrogen) atoms. The Bertz CT molecular complexity index is 2280. The minimum absolute atomic E-state index is 0.0210. The molecule has 0 N–H and O–H groups in total. The Labute approximate surface area is 293 Å². The zero-order valence-electron chi connectivity index (χ0n) is 28.0. The van der Waals surface area contributed by atoms with E-state index in [0.717, 1.165) is 34.9 Å². The first kappa shape index (κ1) is 30.3. The summed E-state index contributed by atoms with van der Waals surface area (Å²) in [6.07, 6.45) is 18.9. The van der Waals surface area contributed by atoms with Crippen LogP contribution < -0.4 is 0 Å². The average Bonchev–Trinajstić information content (AvgIpc) is 3.21. The van der Waals surface area contributed by atoms with Gasteiger partial charge in [0, 0.05) is 34.2 Å². The molecule has 242 valence electrons. The molecule has 0 saturated heterocycles. The van der Waals surface area contributed by atoms with Crippen LogP contribution in [0, 0.1) is 5.92 Å². The number of aromatic nitrogens is 3. The van der Waals surface area contributed by atoms with Crippen molar-refractivity contribution in [3.63, 3.8) is 0 Å². The normalized spacial score (nSPS) is 19.2. The standard InChI is InChI=1S/C46H38N4/c1-3-13-35(14-4-1)43-48-44(50-45(49-43)41-20-9-15-32-12-5-6-18-39(32)41)36-23-27-38(28-24-36)46(29-7-2-8-30-46)37-25-21-33(22-26-37)40-19-10-16-34-17-11-31-47-42(34)40/h1,3-6,9-28,31,34,42H,2,7-8,29-30H2. The minimum Gasteiger partial charge on any atom is -0.284 e. The summed E-state index contributed by atoms with van der Waals surface area (Å²) in [7, 11) is 0. The first-order valence-electron chi connectivity index (χ1n) is 17.9. The molecule has 0 radical (unpaired) electrons. The van der Waals surface area contributed by atoms with Crippen molar-refractivity contribution >= 4 is 22.6 Å². The van der Waals surface area contributed by atoms with E-state index in [0.29, 0.717) is 23.4 Å². The summed E-state index contributed by atoms with van der Waals surface area (Å²) < 4.78 is 0. The molecular formula is C46H38N4. The summed E-state index contributed by atoms with van der Waals surface area (Å²) >= 11 is 0. The largest absolute Gasteiger partial charge is 0.284 e. The lowest BCUT2D eigenvalue weighted by Gasteiger charge is -2.39. The molecule has 1 aliphatic heterocycles. The van der Waals surface area contributed by atoms with E-state index in [4.69, 9.17) is 19.9 Å². The monoisotopic (exact) mass is 646 g/mol. The molecule has 0 spiro atoms. The third-order valence-electron chi connectivity index (χ3n) is 10.8. The van der Waals surface area contributed by atoms with E-state index in [1.54, 1.807) is 0 Å². The van der Waals surface area contributed by atoms with Gasteiger partial charge in [0.05, 0.1) is 6.04 Å². The van der Waals surface area contributed by atoms with E-state index in [9.17, 15) is 0 Å². The van der Waals surface area contributed by atoms with Crippen LogP contribution in [0.4, 0.5) is 0 Å². The fourth-order valence-corrected chi connectivity index (χ4v) is 8.22. The maximum atomic E-state index is 5.10. The molecule has 3 aliphatic rings. The quantitative estimate of drug-likeness (QED) is 0.181. The lowest BCUT2D eigenvalue weighted by Crippen LogP contribution is -2.30. The summed E-state index contributed by atoms with van der Waals surface area (Å²) in [6.45, 7) is 0. The predicted octanol–water partition coefficient (Wildman–Crippen LogP) is 10.9. The van der Waals surface area contributed by atoms with Crippen molar-refractivity contribution in [2.24, 2.45) is 10.9 Å². The second kappa shape index (κ2) is 12.9. The van der Waals surface area contributed by atoms with E-state index in [2.05, 4.69) is 134 Å². The Morgan fingerprint density at radius 2 is 1.14 bits per heavy atom. The highest BCUT2D eigenvalue weighted by Gasteiger charge is 2.36. The van der Waals surface area contributed by atoms with E-state index < -0.39 is 0 Å². The van der Waals surface area contributed by atoms with Crippen LogP contribution in [0.15, 0.2) is 157 Å². The molecular weight excluding hydrogens is 609 g/mol. The topological polar surface area (TPSA) is 51.0 Å². The molecule has 1 aromatic heterocycles. The molecule has 0 amide bonds. The molecule has 4 heteroatoms. The Balaban J connectivity index is 1.09. The van der Waals surface area contributed by atoms with Crippen LogP contribution in [0.3, 0.4) is 0 Å². The summed E-state index contributed by atoms with van der Waals surface area (Å²) in [5.41, 5.74) is 8.26. The van der Waals surface area contributed by atoms with Gasteiger partial charge in [0.2, 0.25) is 0 Å². The second-order valence-corrected chi connectivity index (χ2v) is 13.7. The van der Waals surface area contributed by atoms with Crippen molar-refractivity contribution in [2.75, 3.05) is 0 Å². The zero-order chi connectivity index (χ0) is 33.3. The number of hydrogen-bond donors (Lipinski definition) is 0. The van der Waals surface area contributed by atoms with Crippen LogP contribution in [0.25, 0.3) is 50.5 Å². The van der Waals surface area contributed by atoms with Crippen molar-refractivity contribution in [1.29, 1.82) is 0 Å². The third-order valence-corrected chi connectivity index (χ3v) is 10.8. The Kier molecular flexibility index (Phi) is 7.85. The fraction of sp³-hybridized carbons (Fsp3) is 0.174. The van der Waals surface area contributed by atoms with Crippen LogP contribution in [-0.2, 0) is 5.41 Å². The molecule has 5 aromatic carbocycles. The highest BCUT2D eigenvalue weighted by atomic mass is 15.0. The molecule has 2 aliphatic carbocycles. The summed E-state index contributed by atoms with van der Waals surface area (Å²) in [5, 5.41) is 2.30. The van der Waals surface area contributed by atoms with Gasteiger partial charge >= 0.3 is 0 Å². The summed E-state index contributed by atoms with van der Waals surface area (Å²) in [6, 6.07) is 43.6. The maximum absolute atomic E-state index is 5.10. The van der Waals surface area contributed by atoms with Crippen LogP contribution in [0.5, 0.6) is 0 Å². The Morgan fingerprint density at radius 1 is 0.520 bits per heavy atom. The van der Waals surface area contributed by atoms with Gasteiger partial charge in [0.15, 0.2) is 17.5 Å². The number of dihydropyridines is 1. The average molecular weight is 647 g/mol. The van der Waals surface area contributed by atoms with Gasteiger partial charge in [-0.2, -0.15) is 0 Å². The van der Waals surface area contributed by atoms with Gasteiger partial charge in [-0.05, 0) is 52.0 Å². The number of allylic oxidation sites excluding steroid dienone is 3. The molecule has 0 bridgehead atoms. The minimum atomic E-state index is -0.0210. The highest BCUT2D eigenvalue weighted by molar-refractivity contribution is 5.95. The molecule has 1 saturated carbocycles. The fourth-order valence-electron chi connectivity index (χ4n) is 8.22. The van der Waals surface area contributed by atoms with Crippen molar-refractivity contribution in [2.45, 2.75) is 43.6 Å². The first-order chi connectivity index (χ1) is 24.7. The van der Waals surface area contributed by atoms with E-state index >= 15 is 0 Å². The van der Waals surface area contributed by atoms with E-state index in [1.165, 1.54) is 46.9 Å². The lowest BCUT2D eigenvalue weighted by atomic mass is 9.65. The molecule has 2 heterocycles. The second-order valence-electron chi connectivity index (χ2n) is 13.7. The molecule has 1 fully saturated rings. The number of hydrogen-bond acceptors (Lipinski definition) is 4.